The van der Waals surface area contributed by atoms with Gasteiger partial charge in [-0.15, -0.1) is 0 Å². The van der Waals surface area contributed by atoms with E-state index in [9.17, 15) is 4.79 Å². The third-order valence-electron chi connectivity index (χ3n) is 1.60. The minimum absolute atomic E-state index is 0.352. The lowest BCUT2D eigenvalue weighted by molar-refractivity contribution is -0.139. The van der Waals surface area contributed by atoms with Gasteiger partial charge in [0.05, 0.1) is 0 Å². The first-order valence-electron chi connectivity index (χ1n) is 3.47. The van der Waals surface area contributed by atoms with E-state index in [0.717, 1.165) is 19.6 Å². The summed E-state index contributed by atoms with van der Waals surface area (Å²) in [4.78, 5) is 10.4. The lowest BCUT2D eigenvalue weighted by Gasteiger charge is -2.07. The zero-order valence-corrected chi connectivity index (χ0v) is 5.76. The minimum Gasteiger partial charge on any atom is -0.480 e. The zero-order valence-electron chi connectivity index (χ0n) is 5.76. The van der Waals surface area contributed by atoms with Crippen LogP contribution < -0.4 is 10.6 Å². The minimum atomic E-state index is -0.747. The van der Waals surface area contributed by atoms with Gasteiger partial charge in [-0.2, -0.15) is 0 Å². The summed E-state index contributed by atoms with van der Waals surface area (Å²) in [6, 6.07) is -0.352. The maximum absolute atomic E-state index is 10.4. The molecule has 1 heterocycles. The van der Waals surface area contributed by atoms with Crippen molar-refractivity contribution >= 4 is 5.97 Å². The molecule has 0 bridgehead atoms. The van der Waals surface area contributed by atoms with Crippen LogP contribution in [0.2, 0.25) is 0 Å². The first kappa shape index (κ1) is 7.50. The second-order valence-corrected chi connectivity index (χ2v) is 2.38. The molecular formula is C6H12N2O2. The number of aliphatic carboxylic acids is 1. The average molecular weight is 144 g/mol. The largest absolute Gasteiger partial charge is 0.480 e. The van der Waals surface area contributed by atoms with Gasteiger partial charge in [-0.1, -0.05) is 0 Å². The van der Waals surface area contributed by atoms with E-state index >= 15 is 0 Å². The summed E-state index contributed by atoms with van der Waals surface area (Å²) in [5.41, 5.74) is 0. The Hall–Kier alpha value is -0.610. The van der Waals surface area contributed by atoms with Crippen molar-refractivity contribution in [1.82, 2.24) is 10.6 Å². The van der Waals surface area contributed by atoms with Crippen LogP contribution in [-0.4, -0.2) is 36.8 Å². The predicted molar refractivity (Wildman–Crippen MR) is 36.9 cm³/mol. The van der Waals surface area contributed by atoms with Gasteiger partial charge < -0.3 is 15.7 Å². The smallest absolute Gasteiger partial charge is 0.320 e. The van der Waals surface area contributed by atoms with Gasteiger partial charge in [0.15, 0.2) is 0 Å². The Morgan fingerprint density at radius 3 is 2.90 bits per heavy atom. The van der Waals surface area contributed by atoms with E-state index in [1.54, 1.807) is 0 Å². The molecule has 1 fully saturated rings. The van der Waals surface area contributed by atoms with Crippen LogP contribution in [0.5, 0.6) is 0 Å². The highest BCUT2D eigenvalue weighted by atomic mass is 16.4. The van der Waals surface area contributed by atoms with Gasteiger partial charge in [0.2, 0.25) is 0 Å². The second-order valence-electron chi connectivity index (χ2n) is 2.38. The molecule has 1 aliphatic heterocycles. The van der Waals surface area contributed by atoms with Crippen molar-refractivity contribution < 1.29 is 9.90 Å². The molecule has 4 nitrogen and oxygen atoms in total. The molecule has 58 valence electrons. The highest BCUT2D eigenvalue weighted by Crippen LogP contribution is 1.92. The van der Waals surface area contributed by atoms with Crippen molar-refractivity contribution in [2.75, 3.05) is 19.6 Å². The summed E-state index contributed by atoms with van der Waals surface area (Å²) in [5, 5.41) is 14.6. The monoisotopic (exact) mass is 144 g/mol. The van der Waals surface area contributed by atoms with E-state index in [1.807, 2.05) is 0 Å². The fourth-order valence-corrected chi connectivity index (χ4v) is 1.02. The number of rotatable bonds is 1. The van der Waals surface area contributed by atoms with E-state index in [0.29, 0.717) is 6.42 Å². The third-order valence-corrected chi connectivity index (χ3v) is 1.60. The molecule has 1 rings (SSSR count). The van der Waals surface area contributed by atoms with Crippen LogP contribution >= 0.6 is 0 Å². The molecule has 4 heteroatoms. The van der Waals surface area contributed by atoms with Crippen LogP contribution in [0.1, 0.15) is 6.42 Å². The van der Waals surface area contributed by atoms with Crippen LogP contribution in [0.25, 0.3) is 0 Å². The van der Waals surface area contributed by atoms with Crippen molar-refractivity contribution in [3.63, 3.8) is 0 Å². The van der Waals surface area contributed by atoms with Crippen molar-refractivity contribution in [3.05, 3.63) is 0 Å². The fourth-order valence-electron chi connectivity index (χ4n) is 1.02. The molecule has 0 aliphatic carbocycles. The Kier molecular flexibility index (Phi) is 2.65. The van der Waals surface area contributed by atoms with Crippen LogP contribution in [0.4, 0.5) is 0 Å². The Balaban J connectivity index is 2.35. The lowest BCUT2D eigenvalue weighted by Crippen LogP contribution is -2.36. The molecule has 0 aromatic carbocycles. The zero-order chi connectivity index (χ0) is 7.40. The SMILES string of the molecule is O=C(O)C1CCNCCN1. The van der Waals surface area contributed by atoms with Gasteiger partial charge in [0.1, 0.15) is 6.04 Å². The summed E-state index contributed by atoms with van der Waals surface area (Å²) in [5.74, 6) is -0.747. The highest BCUT2D eigenvalue weighted by Gasteiger charge is 2.17. The van der Waals surface area contributed by atoms with Gasteiger partial charge in [0, 0.05) is 13.1 Å². The molecular weight excluding hydrogens is 132 g/mol. The van der Waals surface area contributed by atoms with E-state index < -0.39 is 5.97 Å². The van der Waals surface area contributed by atoms with Crippen LogP contribution in [0.3, 0.4) is 0 Å². The summed E-state index contributed by atoms with van der Waals surface area (Å²) in [7, 11) is 0. The first-order valence-corrected chi connectivity index (χ1v) is 3.47. The summed E-state index contributed by atoms with van der Waals surface area (Å²) >= 11 is 0. The molecule has 0 radical (unpaired) electrons. The number of hydrogen-bond donors (Lipinski definition) is 3. The Morgan fingerprint density at radius 1 is 1.40 bits per heavy atom. The van der Waals surface area contributed by atoms with Gasteiger partial charge >= 0.3 is 5.97 Å². The van der Waals surface area contributed by atoms with E-state index in [4.69, 9.17) is 5.11 Å². The highest BCUT2D eigenvalue weighted by molar-refractivity contribution is 5.73. The quantitative estimate of drug-likeness (QED) is 0.443. The number of nitrogens with one attached hydrogen (secondary N) is 2. The van der Waals surface area contributed by atoms with Crippen molar-refractivity contribution in [1.29, 1.82) is 0 Å². The predicted octanol–water partition coefficient (Wildman–Crippen LogP) is -0.977. The number of hydrogen-bond acceptors (Lipinski definition) is 3. The molecule has 10 heavy (non-hydrogen) atoms. The van der Waals surface area contributed by atoms with Gasteiger partial charge in [0.25, 0.3) is 0 Å². The fraction of sp³-hybridized carbons (Fsp3) is 0.833. The maximum Gasteiger partial charge on any atom is 0.320 e. The van der Waals surface area contributed by atoms with Crippen LogP contribution in [-0.2, 0) is 4.79 Å². The molecule has 0 aromatic rings. The maximum atomic E-state index is 10.4. The van der Waals surface area contributed by atoms with Gasteiger partial charge in [-0.25, -0.2) is 0 Å². The van der Waals surface area contributed by atoms with E-state index in [2.05, 4.69) is 10.6 Å². The van der Waals surface area contributed by atoms with Gasteiger partial charge in [-0.05, 0) is 13.0 Å². The van der Waals surface area contributed by atoms with Crippen molar-refractivity contribution in [3.8, 4) is 0 Å². The van der Waals surface area contributed by atoms with Crippen molar-refractivity contribution in [2.24, 2.45) is 0 Å². The summed E-state index contributed by atoms with van der Waals surface area (Å²) in [6.07, 6.45) is 0.676. The van der Waals surface area contributed by atoms with Crippen LogP contribution in [0.15, 0.2) is 0 Å². The Labute approximate surface area is 59.6 Å². The standard InChI is InChI=1S/C6H12N2O2/c9-6(10)5-1-2-7-3-4-8-5/h5,7-8H,1-4H2,(H,9,10). The number of carboxylic acids is 1. The molecule has 0 saturated carbocycles. The van der Waals surface area contributed by atoms with E-state index in [1.165, 1.54) is 0 Å². The molecule has 0 spiro atoms. The summed E-state index contributed by atoms with van der Waals surface area (Å²) < 4.78 is 0. The lowest BCUT2D eigenvalue weighted by atomic mass is 10.2. The van der Waals surface area contributed by atoms with Crippen molar-refractivity contribution in [2.45, 2.75) is 12.5 Å². The van der Waals surface area contributed by atoms with Gasteiger partial charge in [-0.3, -0.25) is 4.79 Å². The number of carboxylic acid groups (broad SMARTS) is 1. The average Bonchev–Trinajstić information content (AvgIpc) is 2.12. The normalized spacial score (nSPS) is 27.4. The van der Waals surface area contributed by atoms with Crippen LogP contribution in [0, 0.1) is 0 Å². The molecule has 1 atom stereocenters. The third kappa shape index (κ3) is 1.97. The van der Waals surface area contributed by atoms with E-state index in [-0.39, 0.29) is 6.04 Å². The molecule has 1 aliphatic rings. The second kappa shape index (κ2) is 3.53. The summed E-state index contributed by atoms with van der Waals surface area (Å²) in [6.45, 7) is 2.41. The first-order chi connectivity index (χ1) is 4.80. The molecule has 3 N–H and O–H groups in total. The molecule has 1 unspecified atom stereocenters. The molecule has 0 amide bonds. The topological polar surface area (TPSA) is 61.4 Å². The Morgan fingerprint density at radius 2 is 2.20 bits per heavy atom. The molecule has 0 aromatic heterocycles. The number of carbonyl (C=O) groups is 1. The molecule has 1 saturated heterocycles. The Bertz CT molecular complexity index is 119.